The van der Waals surface area contributed by atoms with Crippen molar-refractivity contribution in [1.29, 1.82) is 0 Å². The Morgan fingerprint density at radius 3 is 2.52 bits per heavy atom. The Labute approximate surface area is 127 Å². The van der Waals surface area contributed by atoms with Crippen molar-refractivity contribution < 1.29 is 13.2 Å². The number of Topliss-reactive ketones (excluding diaryl/α,β-unsaturated/α-hetero) is 1. The number of aromatic nitrogens is 1. The number of aryl methyl sites for hydroxylation is 1. The highest BCUT2D eigenvalue weighted by atomic mass is 35.7. The molecule has 6 heteroatoms. The van der Waals surface area contributed by atoms with Crippen molar-refractivity contribution in [2.24, 2.45) is 5.41 Å². The van der Waals surface area contributed by atoms with Gasteiger partial charge in [0.1, 0.15) is 0 Å². The highest BCUT2D eigenvalue weighted by molar-refractivity contribution is 8.13. The lowest BCUT2D eigenvalue weighted by molar-refractivity contribution is 0.0913. The van der Waals surface area contributed by atoms with Gasteiger partial charge in [0.25, 0.3) is 9.05 Å². The molecule has 1 N–H and O–H groups in total. The molecule has 112 valence electrons. The molecule has 0 aliphatic heterocycles. The maximum absolute atomic E-state index is 12.4. The normalized spacial score (nSPS) is 18.0. The van der Waals surface area contributed by atoms with E-state index in [0.29, 0.717) is 23.1 Å². The summed E-state index contributed by atoms with van der Waals surface area (Å²) in [7, 11) is 1.66. The van der Waals surface area contributed by atoms with E-state index in [-0.39, 0.29) is 16.1 Å². The number of ketones is 1. The van der Waals surface area contributed by atoms with Crippen LogP contribution in [0.4, 0.5) is 0 Å². The zero-order chi connectivity index (χ0) is 15.6. The molecule has 0 saturated carbocycles. The fourth-order valence-electron chi connectivity index (χ4n) is 3.16. The summed E-state index contributed by atoms with van der Waals surface area (Å²) in [6.07, 6.45) is 1.27. The Morgan fingerprint density at radius 1 is 1.24 bits per heavy atom. The second-order valence-electron chi connectivity index (χ2n) is 6.52. The van der Waals surface area contributed by atoms with Crippen molar-refractivity contribution in [2.75, 3.05) is 0 Å². The third-order valence-corrected chi connectivity index (χ3v) is 5.47. The van der Waals surface area contributed by atoms with Crippen LogP contribution in [0.15, 0.2) is 17.0 Å². The van der Waals surface area contributed by atoms with Gasteiger partial charge in [-0.05, 0) is 36.5 Å². The van der Waals surface area contributed by atoms with Gasteiger partial charge in [-0.15, -0.1) is 0 Å². The van der Waals surface area contributed by atoms with Gasteiger partial charge < -0.3 is 4.98 Å². The average molecular weight is 326 g/mol. The number of carbonyl (C=O) groups excluding carboxylic acids is 1. The molecule has 21 heavy (non-hydrogen) atoms. The van der Waals surface area contributed by atoms with E-state index in [4.69, 9.17) is 10.7 Å². The molecule has 1 aromatic heterocycles. The molecule has 0 bridgehead atoms. The summed E-state index contributed by atoms with van der Waals surface area (Å²) in [5.41, 5.74) is 2.70. The third kappa shape index (κ3) is 2.38. The fraction of sp³-hybridized carbons (Fsp3) is 0.400. The molecule has 2 aromatic rings. The smallest absolute Gasteiger partial charge is 0.261 e. The van der Waals surface area contributed by atoms with E-state index in [9.17, 15) is 13.2 Å². The van der Waals surface area contributed by atoms with E-state index in [2.05, 4.69) is 18.8 Å². The van der Waals surface area contributed by atoms with Gasteiger partial charge in [0.05, 0.1) is 4.90 Å². The first kappa shape index (κ1) is 14.6. The van der Waals surface area contributed by atoms with Crippen LogP contribution < -0.4 is 0 Å². The Morgan fingerprint density at radius 2 is 1.90 bits per heavy atom. The average Bonchev–Trinajstić information content (AvgIpc) is 2.61. The second-order valence-corrected chi connectivity index (χ2v) is 9.05. The summed E-state index contributed by atoms with van der Waals surface area (Å²) in [6, 6.07) is 3.25. The molecule has 1 aliphatic rings. The monoisotopic (exact) mass is 325 g/mol. The third-order valence-electron chi connectivity index (χ3n) is 4.01. The molecule has 3 rings (SSSR count). The first-order chi connectivity index (χ1) is 9.58. The number of halogens is 1. The topological polar surface area (TPSA) is 67.0 Å². The molecule has 0 radical (unpaired) electrons. The van der Waals surface area contributed by atoms with Gasteiger partial charge in [-0.1, -0.05) is 13.8 Å². The van der Waals surface area contributed by atoms with Crippen molar-refractivity contribution in [1.82, 2.24) is 4.98 Å². The molecule has 0 fully saturated rings. The first-order valence-electron chi connectivity index (χ1n) is 6.71. The molecular weight excluding hydrogens is 310 g/mol. The second kappa shape index (κ2) is 4.34. The Hall–Kier alpha value is -1.33. The minimum Gasteiger partial charge on any atom is -0.358 e. The summed E-state index contributed by atoms with van der Waals surface area (Å²) < 4.78 is 23.2. The van der Waals surface area contributed by atoms with Crippen molar-refractivity contribution in [3.8, 4) is 0 Å². The number of H-pyrrole nitrogens is 1. The number of nitrogens with one attached hydrogen (secondary N) is 1. The minimum absolute atomic E-state index is 0.0819. The maximum Gasteiger partial charge on any atom is 0.261 e. The van der Waals surface area contributed by atoms with Gasteiger partial charge in [-0.3, -0.25) is 4.79 Å². The molecule has 0 spiro atoms. The van der Waals surface area contributed by atoms with Gasteiger partial charge in [-0.25, -0.2) is 8.42 Å². The van der Waals surface area contributed by atoms with Crippen molar-refractivity contribution in [2.45, 2.75) is 38.5 Å². The standard InChI is InChI=1S/C15H16ClNO3S/c1-8-4-9-10(5-13(8)21(16,19)20)17-11-6-15(2,3)7-12(18)14(9)11/h4-5,17H,6-7H2,1-3H3. The highest BCUT2D eigenvalue weighted by Crippen LogP contribution is 2.39. The molecule has 0 amide bonds. The van der Waals surface area contributed by atoms with Crippen LogP contribution in [0.3, 0.4) is 0 Å². The number of hydrogen-bond donors (Lipinski definition) is 1. The van der Waals surface area contributed by atoms with Gasteiger partial charge in [0.2, 0.25) is 0 Å². The van der Waals surface area contributed by atoms with Crippen LogP contribution in [-0.4, -0.2) is 19.2 Å². The van der Waals surface area contributed by atoms with E-state index >= 15 is 0 Å². The summed E-state index contributed by atoms with van der Waals surface area (Å²) in [5.74, 6) is 0.105. The SMILES string of the molecule is Cc1cc2c3c([nH]c2cc1S(=O)(=O)Cl)CC(C)(C)CC3=O. The van der Waals surface area contributed by atoms with E-state index in [1.54, 1.807) is 13.0 Å². The van der Waals surface area contributed by atoms with Gasteiger partial charge in [0, 0.05) is 39.3 Å². The number of fused-ring (bicyclic) bond motifs is 3. The van der Waals surface area contributed by atoms with Gasteiger partial charge in [-0.2, -0.15) is 0 Å². The summed E-state index contributed by atoms with van der Waals surface area (Å²) in [6.45, 7) is 5.80. The van der Waals surface area contributed by atoms with Gasteiger partial charge in [0.15, 0.2) is 5.78 Å². The zero-order valence-corrected chi connectivity index (χ0v) is 13.7. The minimum atomic E-state index is -3.80. The molecule has 1 heterocycles. The molecule has 0 saturated heterocycles. The predicted octanol–water partition coefficient (Wildman–Crippen LogP) is 3.56. The molecule has 0 unspecified atom stereocenters. The van der Waals surface area contributed by atoms with Crippen LogP contribution >= 0.6 is 10.7 Å². The fourth-order valence-corrected chi connectivity index (χ4v) is 4.36. The van der Waals surface area contributed by atoms with E-state index < -0.39 is 9.05 Å². The van der Waals surface area contributed by atoms with E-state index in [0.717, 1.165) is 17.5 Å². The maximum atomic E-state index is 12.4. The number of rotatable bonds is 1. The Balaban J connectivity index is 2.31. The van der Waals surface area contributed by atoms with Crippen LogP contribution in [0.2, 0.25) is 0 Å². The summed E-state index contributed by atoms with van der Waals surface area (Å²) in [4.78, 5) is 15.7. The van der Waals surface area contributed by atoms with Crippen LogP contribution in [0.5, 0.6) is 0 Å². The number of hydrogen-bond acceptors (Lipinski definition) is 3. The first-order valence-corrected chi connectivity index (χ1v) is 9.02. The highest BCUT2D eigenvalue weighted by Gasteiger charge is 2.34. The molecule has 4 nitrogen and oxygen atoms in total. The molecule has 1 aliphatic carbocycles. The Kier molecular flexibility index (Phi) is 3.01. The van der Waals surface area contributed by atoms with Crippen molar-refractivity contribution >= 4 is 36.4 Å². The summed E-state index contributed by atoms with van der Waals surface area (Å²) >= 11 is 0. The van der Waals surface area contributed by atoms with Crippen LogP contribution in [0.1, 0.15) is 41.9 Å². The Bertz CT molecular complexity index is 878. The van der Waals surface area contributed by atoms with E-state index in [1.807, 2.05) is 0 Å². The van der Waals surface area contributed by atoms with Gasteiger partial charge >= 0.3 is 0 Å². The van der Waals surface area contributed by atoms with E-state index in [1.165, 1.54) is 6.07 Å². The largest absolute Gasteiger partial charge is 0.358 e. The quantitative estimate of drug-likeness (QED) is 0.815. The van der Waals surface area contributed by atoms with Crippen molar-refractivity contribution in [3.63, 3.8) is 0 Å². The lowest BCUT2D eigenvalue weighted by Gasteiger charge is -2.28. The number of carbonyl (C=O) groups is 1. The van der Waals surface area contributed by atoms with Crippen LogP contribution in [0, 0.1) is 12.3 Å². The molecule has 0 atom stereocenters. The predicted molar refractivity (Wildman–Crippen MR) is 82.5 cm³/mol. The number of benzene rings is 1. The lowest BCUT2D eigenvalue weighted by atomic mass is 9.76. The lowest BCUT2D eigenvalue weighted by Crippen LogP contribution is -2.26. The van der Waals surface area contributed by atoms with Crippen LogP contribution in [0.25, 0.3) is 10.9 Å². The zero-order valence-electron chi connectivity index (χ0n) is 12.1. The number of aromatic amines is 1. The van der Waals surface area contributed by atoms with Crippen LogP contribution in [-0.2, 0) is 15.5 Å². The van der Waals surface area contributed by atoms with Crippen molar-refractivity contribution in [3.05, 3.63) is 29.0 Å². The molecular formula is C15H16ClNO3S. The molecule has 1 aromatic carbocycles. The summed E-state index contributed by atoms with van der Waals surface area (Å²) in [5, 5.41) is 0.784.